The maximum atomic E-state index is 12.7. The van der Waals surface area contributed by atoms with Gasteiger partial charge in [-0.2, -0.15) is 9.97 Å². The number of fused-ring (bicyclic) bond motifs is 1. The Bertz CT molecular complexity index is 1610. The van der Waals surface area contributed by atoms with Gasteiger partial charge in [-0.15, -0.1) is 0 Å². The third kappa shape index (κ3) is 13.4. The molecular formula is C30H40N9O9P. The highest BCUT2D eigenvalue weighted by Gasteiger charge is 2.21. The van der Waals surface area contributed by atoms with Crippen molar-refractivity contribution in [2.24, 2.45) is 5.50 Å². The molecule has 3 rings (SSSR count). The first kappa shape index (κ1) is 38.2. The average Bonchev–Trinajstić information content (AvgIpc) is 3.05. The number of carboxylic acids is 1. The Balaban J connectivity index is 1.33. The minimum absolute atomic E-state index is 0.0840. The molecule has 264 valence electrons. The molecule has 49 heavy (non-hydrogen) atoms. The topological polar surface area (TPSA) is 284 Å². The second kappa shape index (κ2) is 19.6. The molecule has 0 spiro atoms. The molecule has 0 fully saturated rings. The Morgan fingerprint density at radius 1 is 0.939 bits per heavy atom. The summed E-state index contributed by atoms with van der Waals surface area (Å²) >= 11 is 0. The summed E-state index contributed by atoms with van der Waals surface area (Å²) in [5.41, 5.74) is 12.3. The van der Waals surface area contributed by atoms with E-state index in [1.165, 1.54) is 6.20 Å². The predicted molar refractivity (Wildman–Crippen MR) is 177 cm³/mol. The van der Waals surface area contributed by atoms with E-state index < -0.39 is 50.2 Å². The maximum absolute atomic E-state index is 12.7. The lowest BCUT2D eigenvalue weighted by molar-refractivity contribution is -0.140. The smallest absolute Gasteiger partial charge is 0.383 e. The van der Waals surface area contributed by atoms with E-state index in [9.17, 15) is 34.2 Å². The largest absolute Gasteiger partial charge is 0.492 e. The molecule has 1 unspecified atom stereocenters. The third-order valence-corrected chi connectivity index (χ3v) is 7.63. The number of hydrogen-bond donors (Lipinski definition) is 7. The van der Waals surface area contributed by atoms with E-state index in [-0.39, 0.29) is 54.9 Å². The van der Waals surface area contributed by atoms with E-state index in [4.69, 9.17) is 20.3 Å². The molecule has 0 aliphatic heterocycles. The number of aromatic nitrogens is 4. The zero-order valence-electron chi connectivity index (χ0n) is 26.9. The van der Waals surface area contributed by atoms with E-state index in [1.54, 1.807) is 24.3 Å². The van der Waals surface area contributed by atoms with Crippen molar-refractivity contribution in [1.82, 2.24) is 30.6 Å². The van der Waals surface area contributed by atoms with E-state index in [1.807, 2.05) is 6.92 Å². The van der Waals surface area contributed by atoms with Gasteiger partial charge in [-0.05, 0) is 43.4 Å². The number of nitrogens with zero attached hydrogens (tertiary/aromatic N) is 4. The van der Waals surface area contributed by atoms with Crippen molar-refractivity contribution in [2.45, 2.75) is 77.3 Å². The van der Waals surface area contributed by atoms with Gasteiger partial charge in [0, 0.05) is 31.5 Å². The molecule has 2 amide bonds. The number of anilines is 2. The number of aromatic hydroxyl groups is 1. The molecule has 3 aromatic rings. The van der Waals surface area contributed by atoms with Gasteiger partial charge in [0.25, 0.3) is 5.91 Å². The number of nitrogen functional groups attached to an aromatic ring is 1. The molecule has 1 aromatic carbocycles. The van der Waals surface area contributed by atoms with Gasteiger partial charge in [-0.1, -0.05) is 31.9 Å². The lowest BCUT2D eigenvalue weighted by atomic mass is 10.1. The van der Waals surface area contributed by atoms with Gasteiger partial charge in [-0.25, -0.2) is 20.3 Å². The summed E-state index contributed by atoms with van der Waals surface area (Å²) in [6, 6.07) is 5.35. The number of carbonyl (C=O) groups excluding carboxylic acids is 4. The quantitative estimate of drug-likeness (QED) is 0.0657. The number of nitrogens with one attached hydrogen (secondary N) is 3. The zero-order valence-corrected chi connectivity index (χ0v) is 27.8. The number of benzene rings is 1. The van der Waals surface area contributed by atoms with Crippen LogP contribution in [0.15, 0.2) is 30.5 Å². The highest BCUT2D eigenvalue weighted by Crippen LogP contribution is 2.30. The fourth-order valence-corrected chi connectivity index (χ4v) is 4.92. The number of amides is 2. The lowest BCUT2D eigenvalue weighted by Gasteiger charge is -2.15. The van der Waals surface area contributed by atoms with Crippen molar-refractivity contribution in [2.75, 3.05) is 17.6 Å². The van der Waals surface area contributed by atoms with Crippen molar-refractivity contribution in [1.29, 1.82) is 0 Å². The van der Waals surface area contributed by atoms with E-state index in [2.05, 4.69) is 35.9 Å². The molecule has 0 saturated heterocycles. The van der Waals surface area contributed by atoms with Crippen LogP contribution in [0.5, 0.6) is 5.88 Å². The van der Waals surface area contributed by atoms with Gasteiger partial charge < -0.3 is 40.9 Å². The number of carbonyl (C=O) groups is 5. The summed E-state index contributed by atoms with van der Waals surface area (Å²) in [7, 11) is -2.21. The van der Waals surface area contributed by atoms with Gasteiger partial charge in [0.2, 0.25) is 17.7 Å². The highest BCUT2D eigenvalue weighted by atomic mass is 31.2. The van der Waals surface area contributed by atoms with Crippen molar-refractivity contribution in [3.05, 3.63) is 41.6 Å². The van der Waals surface area contributed by atoms with Gasteiger partial charge in [-0.3, -0.25) is 19.2 Å². The van der Waals surface area contributed by atoms with Crippen LogP contribution in [-0.2, 0) is 34.8 Å². The molecule has 9 N–H and O–H groups in total. The predicted octanol–water partition coefficient (Wildman–Crippen LogP) is 2.42. The Hall–Kier alpha value is -5.22. The molecule has 0 radical (unpaired) electrons. The third-order valence-electron chi connectivity index (χ3n) is 6.87. The lowest BCUT2D eigenvalue weighted by Crippen LogP contribution is -2.40. The van der Waals surface area contributed by atoms with Crippen LogP contribution in [-0.4, -0.2) is 72.5 Å². The van der Waals surface area contributed by atoms with Crippen LogP contribution in [0.4, 0.5) is 11.8 Å². The van der Waals surface area contributed by atoms with Crippen LogP contribution in [0.3, 0.4) is 0 Å². The highest BCUT2D eigenvalue weighted by molar-refractivity contribution is 7.45. The number of nitrogens with two attached hydrogens (primary N) is 2. The van der Waals surface area contributed by atoms with Crippen molar-refractivity contribution < 1.29 is 43.2 Å². The van der Waals surface area contributed by atoms with Crippen LogP contribution in [0, 0.1) is 0 Å². The molecule has 2 heterocycles. The second-order valence-corrected chi connectivity index (χ2v) is 11.7. The standard InChI is InChI=1S/C30H40N9O9P/c1-2-3-4-8-23(41)47-49(32)48-24(42)14-13-22(40)33-15-6-5-7-20(29(45)46)36-27(43)19-11-9-18(10-12-19)16-34-21-17-35-26-25(37-21)28(44)39-30(31)38-26/h9-12,17,20H,2-8,13-16,32H2,1H3,(H,33,40)(H,34,37)(H,36,43)(H,45,46)(H3,31,35,38,39,44)/t20-,49?/m0/s1. The Morgan fingerprint density at radius 2 is 1.65 bits per heavy atom. The van der Waals surface area contributed by atoms with E-state index >= 15 is 0 Å². The molecule has 0 aliphatic carbocycles. The fourth-order valence-electron chi connectivity index (χ4n) is 4.30. The number of aliphatic carboxylic acids is 1. The van der Waals surface area contributed by atoms with Crippen LogP contribution in [0.2, 0.25) is 0 Å². The van der Waals surface area contributed by atoms with Crippen molar-refractivity contribution >= 4 is 61.2 Å². The normalized spacial score (nSPS) is 12.0. The zero-order chi connectivity index (χ0) is 35.8. The second-order valence-electron chi connectivity index (χ2n) is 10.8. The minimum Gasteiger partial charge on any atom is -0.492 e. The summed E-state index contributed by atoms with van der Waals surface area (Å²) in [6.45, 7) is 2.54. The van der Waals surface area contributed by atoms with Gasteiger partial charge >= 0.3 is 26.4 Å². The first-order chi connectivity index (χ1) is 23.4. The molecule has 19 heteroatoms. The summed E-state index contributed by atoms with van der Waals surface area (Å²) < 4.78 is 9.72. The molecule has 0 aliphatic rings. The van der Waals surface area contributed by atoms with Crippen LogP contribution in [0.1, 0.15) is 80.6 Å². The van der Waals surface area contributed by atoms with E-state index in [0.29, 0.717) is 31.6 Å². The van der Waals surface area contributed by atoms with Gasteiger partial charge in [0.1, 0.15) is 11.9 Å². The molecule has 0 bridgehead atoms. The monoisotopic (exact) mass is 701 g/mol. The summed E-state index contributed by atoms with van der Waals surface area (Å²) in [5, 5.41) is 27.7. The Morgan fingerprint density at radius 3 is 2.35 bits per heavy atom. The Labute approximate surface area is 282 Å². The number of carboxylic acid groups (broad SMARTS) is 1. The van der Waals surface area contributed by atoms with E-state index in [0.717, 1.165) is 18.4 Å². The number of hydrogen-bond acceptors (Lipinski definition) is 15. The molecule has 0 saturated carbocycles. The fraction of sp³-hybridized carbons (Fsp3) is 0.433. The molecular weight excluding hydrogens is 661 g/mol. The summed E-state index contributed by atoms with van der Waals surface area (Å²) in [4.78, 5) is 76.0. The number of unbranched alkanes of at least 4 members (excludes halogenated alkanes) is 3. The van der Waals surface area contributed by atoms with Crippen LogP contribution in [0.25, 0.3) is 11.2 Å². The minimum atomic E-state index is -2.21. The molecule has 2 aromatic heterocycles. The Kier molecular flexibility index (Phi) is 15.3. The van der Waals surface area contributed by atoms with Crippen LogP contribution < -0.4 is 27.2 Å². The first-order valence-corrected chi connectivity index (χ1v) is 16.8. The average molecular weight is 702 g/mol. The van der Waals surface area contributed by atoms with Gasteiger partial charge in [0.15, 0.2) is 11.2 Å². The number of rotatable bonds is 20. The molecule has 2 atom stereocenters. The summed E-state index contributed by atoms with van der Waals surface area (Å²) in [6.07, 6.45) is 4.60. The maximum Gasteiger partial charge on any atom is 0.383 e. The summed E-state index contributed by atoms with van der Waals surface area (Å²) in [5.74, 6) is -3.65. The first-order valence-electron chi connectivity index (χ1n) is 15.5. The van der Waals surface area contributed by atoms with Crippen LogP contribution >= 0.6 is 8.53 Å². The molecule has 18 nitrogen and oxygen atoms in total. The van der Waals surface area contributed by atoms with Crippen molar-refractivity contribution in [3.8, 4) is 5.88 Å². The van der Waals surface area contributed by atoms with Crippen molar-refractivity contribution in [3.63, 3.8) is 0 Å². The van der Waals surface area contributed by atoms with Gasteiger partial charge in [0.05, 0.1) is 12.6 Å². The SMILES string of the molecule is CCCCCC(=O)OP(N)OC(=O)CCC(=O)NCCCC[C@H](NC(=O)c1ccc(CNc2cnc3nc(N)nc(O)c3n2)cc1)C(=O)O.